The van der Waals surface area contributed by atoms with Gasteiger partial charge in [0.15, 0.2) is 5.71 Å². The molecule has 0 radical (unpaired) electrons. The average molecular weight is 546 g/mol. The second-order valence-electron chi connectivity index (χ2n) is 8.34. The van der Waals surface area contributed by atoms with Crippen molar-refractivity contribution >= 4 is 38.2 Å². The maximum atomic E-state index is 11.1. The van der Waals surface area contributed by atoms with Gasteiger partial charge in [0, 0.05) is 22.8 Å². The highest BCUT2D eigenvalue weighted by Crippen LogP contribution is 2.28. The summed E-state index contributed by atoms with van der Waals surface area (Å²) in [6.45, 7) is 3.84. The first kappa shape index (κ1) is 27.5. The predicted molar refractivity (Wildman–Crippen MR) is 149 cm³/mol. The van der Waals surface area contributed by atoms with Gasteiger partial charge in [0.25, 0.3) is 10.1 Å². The van der Waals surface area contributed by atoms with Crippen molar-refractivity contribution in [3.05, 3.63) is 83.9 Å². The monoisotopic (exact) mass is 545 g/mol. The van der Waals surface area contributed by atoms with E-state index in [1.165, 1.54) is 6.33 Å². The zero-order valence-corrected chi connectivity index (χ0v) is 22.5. The number of aryl methyl sites for hydroxylation is 1. The van der Waals surface area contributed by atoms with Gasteiger partial charge in [-0.15, -0.1) is 0 Å². The highest BCUT2D eigenvalue weighted by atomic mass is 32.2. The molecule has 10 nitrogen and oxygen atoms in total. The third-order valence-corrected chi connectivity index (χ3v) is 5.91. The molecule has 4 rings (SSSR count). The molecule has 0 aliphatic heterocycles. The van der Waals surface area contributed by atoms with E-state index in [1.54, 1.807) is 13.1 Å². The largest absolute Gasteiger partial charge is 0.487 e. The Morgan fingerprint density at radius 2 is 1.92 bits per heavy atom. The van der Waals surface area contributed by atoms with Crippen LogP contribution in [0.25, 0.3) is 10.9 Å². The van der Waals surface area contributed by atoms with Crippen LogP contribution in [0.5, 0.6) is 5.75 Å². The Morgan fingerprint density at radius 1 is 1.05 bits per heavy atom. The van der Waals surface area contributed by atoms with Crippen molar-refractivity contribution in [2.24, 2.45) is 5.16 Å². The number of aromatic nitrogens is 3. The topological polar surface area (TPSA) is 125 Å². The van der Waals surface area contributed by atoms with Gasteiger partial charge in [0.2, 0.25) is 0 Å². The van der Waals surface area contributed by atoms with Gasteiger partial charge in [0.05, 0.1) is 17.5 Å². The number of benzene rings is 2. The molecule has 0 amide bonds. The van der Waals surface area contributed by atoms with Crippen LogP contribution in [0.4, 0.5) is 11.5 Å². The lowest BCUT2D eigenvalue weighted by atomic mass is 10.1. The fourth-order valence-electron chi connectivity index (χ4n) is 3.56. The summed E-state index contributed by atoms with van der Waals surface area (Å²) in [6, 6.07) is 17.1. The molecule has 11 heteroatoms. The Morgan fingerprint density at radius 3 is 2.67 bits per heavy atom. The van der Waals surface area contributed by atoms with Gasteiger partial charge >= 0.3 is 0 Å². The van der Waals surface area contributed by atoms with Crippen LogP contribution in [0.3, 0.4) is 0 Å². The van der Waals surface area contributed by atoms with Crippen LogP contribution in [0.1, 0.15) is 23.7 Å². The molecule has 0 aliphatic carbocycles. The highest BCUT2D eigenvalue weighted by molar-refractivity contribution is 7.85. The summed E-state index contributed by atoms with van der Waals surface area (Å²) in [5.74, 6) is 7.10. The van der Waals surface area contributed by atoms with E-state index < -0.39 is 10.1 Å². The van der Waals surface area contributed by atoms with E-state index in [4.69, 9.17) is 9.57 Å². The Bertz CT molecular complexity index is 1650. The van der Waals surface area contributed by atoms with Gasteiger partial charge in [-0.3, -0.25) is 9.17 Å². The summed E-state index contributed by atoms with van der Waals surface area (Å²) in [4.78, 5) is 18.3. The summed E-state index contributed by atoms with van der Waals surface area (Å²) in [5, 5.41) is 8.19. The number of fused-ring (bicyclic) bond motifs is 1. The number of nitrogens with zero attached hydrogens (tertiary/aromatic N) is 4. The molecular weight excluding hydrogens is 518 g/mol. The van der Waals surface area contributed by atoms with Gasteiger partial charge in [-0.1, -0.05) is 17.1 Å². The molecule has 2 aromatic carbocycles. The van der Waals surface area contributed by atoms with E-state index in [9.17, 15) is 8.42 Å². The maximum absolute atomic E-state index is 11.1. The normalized spacial score (nSPS) is 11.5. The van der Waals surface area contributed by atoms with Crippen LogP contribution in [0.2, 0.25) is 0 Å². The van der Waals surface area contributed by atoms with Crippen LogP contribution in [-0.2, 0) is 25.7 Å². The summed E-state index contributed by atoms with van der Waals surface area (Å²) >= 11 is 0. The molecule has 1 N–H and O–H groups in total. The van der Waals surface area contributed by atoms with Crippen LogP contribution in [0.15, 0.2) is 72.3 Å². The summed E-state index contributed by atoms with van der Waals surface area (Å²) in [6.07, 6.45) is 4.21. The fraction of sp³-hybridized carbons (Fsp3) is 0.214. The highest BCUT2D eigenvalue weighted by Gasteiger charge is 2.10. The van der Waals surface area contributed by atoms with Crippen molar-refractivity contribution < 1.29 is 22.2 Å². The average Bonchev–Trinajstić information content (AvgIpc) is 2.92. The van der Waals surface area contributed by atoms with Gasteiger partial charge in [-0.05, 0) is 73.9 Å². The molecular formula is C28H27N5O5S. The first-order valence-corrected chi connectivity index (χ1v) is 13.8. The lowest BCUT2D eigenvalue weighted by molar-refractivity contribution is 0.110. The number of hydrogen-bond acceptors (Lipinski definition) is 10. The standard InChI is InChI=1S/C28H27N5O5S/c1-4-7-25(33-37-14-15-38-39(3,34)35)21-9-11-26-24(17-21)28(31-19-30-26)32-22-10-12-27(20(2)16-22)36-18-23-8-5-6-13-29-23/h5-6,8-13,16-17,19H,14-15,18H2,1-3H3,(H,30,31,32)/b33-25+. The molecule has 0 aliphatic rings. The second kappa shape index (κ2) is 12.8. The maximum Gasteiger partial charge on any atom is 0.264 e. The van der Waals surface area contributed by atoms with Crippen molar-refractivity contribution in [2.45, 2.75) is 20.5 Å². The zero-order valence-electron chi connectivity index (χ0n) is 21.7. The first-order valence-electron chi connectivity index (χ1n) is 11.9. The van der Waals surface area contributed by atoms with E-state index in [2.05, 4.69) is 41.4 Å². The minimum Gasteiger partial charge on any atom is -0.487 e. The van der Waals surface area contributed by atoms with Crippen molar-refractivity contribution in [3.63, 3.8) is 0 Å². The molecule has 0 bridgehead atoms. The first-order chi connectivity index (χ1) is 18.8. The van der Waals surface area contributed by atoms with Crippen molar-refractivity contribution in [2.75, 3.05) is 24.8 Å². The van der Waals surface area contributed by atoms with Crippen LogP contribution in [-0.4, -0.2) is 48.6 Å². The Hall–Kier alpha value is -4.53. The number of ether oxygens (including phenoxy) is 1. The third kappa shape index (κ3) is 7.98. The number of pyridine rings is 1. The molecule has 2 heterocycles. The molecule has 4 aromatic rings. The molecule has 0 saturated carbocycles. The lowest BCUT2D eigenvalue weighted by Gasteiger charge is -2.13. The summed E-state index contributed by atoms with van der Waals surface area (Å²) < 4.78 is 32.8. The quantitative estimate of drug-likeness (QED) is 0.0961. The molecule has 0 fully saturated rings. The molecule has 0 saturated heterocycles. The molecule has 0 spiro atoms. The van der Waals surface area contributed by atoms with Crippen molar-refractivity contribution in [3.8, 4) is 17.6 Å². The third-order valence-electron chi connectivity index (χ3n) is 5.32. The summed E-state index contributed by atoms with van der Waals surface area (Å²) in [5.41, 5.74) is 4.44. The van der Waals surface area contributed by atoms with Crippen LogP contribution < -0.4 is 10.1 Å². The van der Waals surface area contributed by atoms with E-state index in [-0.39, 0.29) is 13.2 Å². The molecule has 0 atom stereocenters. The number of rotatable bonds is 11. The second-order valence-corrected chi connectivity index (χ2v) is 9.99. The molecule has 2 aromatic heterocycles. The minimum absolute atomic E-state index is 0.0492. The van der Waals surface area contributed by atoms with E-state index in [0.717, 1.165) is 39.9 Å². The lowest BCUT2D eigenvalue weighted by Crippen LogP contribution is -2.09. The van der Waals surface area contributed by atoms with Gasteiger partial charge in [0.1, 0.15) is 37.7 Å². The van der Waals surface area contributed by atoms with Crippen LogP contribution in [0, 0.1) is 18.8 Å². The van der Waals surface area contributed by atoms with E-state index in [1.807, 2.05) is 61.5 Å². The van der Waals surface area contributed by atoms with Gasteiger partial charge in [-0.2, -0.15) is 8.42 Å². The number of hydrogen-bond donors (Lipinski definition) is 1. The van der Waals surface area contributed by atoms with E-state index in [0.29, 0.717) is 23.7 Å². The van der Waals surface area contributed by atoms with Crippen molar-refractivity contribution in [1.82, 2.24) is 15.0 Å². The predicted octanol–water partition coefficient (Wildman–Crippen LogP) is 4.38. The van der Waals surface area contributed by atoms with Gasteiger partial charge < -0.3 is 14.9 Å². The SMILES string of the molecule is CC#C/C(=N\OCCOS(C)(=O)=O)c1ccc2ncnc(Nc3ccc(OCc4ccccn4)c(C)c3)c2c1. The van der Waals surface area contributed by atoms with Crippen molar-refractivity contribution in [1.29, 1.82) is 0 Å². The number of nitrogens with one attached hydrogen (secondary N) is 1. The molecule has 200 valence electrons. The number of oxime groups is 1. The zero-order chi connectivity index (χ0) is 27.7. The Labute approximate surface area is 227 Å². The molecule has 39 heavy (non-hydrogen) atoms. The summed E-state index contributed by atoms with van der Waals surface area (Å²) in [7, 11) is -3.55. The van der Waals surface area contributed by atoms with Crippen LogP contribution >= 0.6 is 0 Å². The van der Waals surface area contributed by atoms with E-state index >= 15 is 0 Å². The smallest absolute Gasteiger partial charge is 0.264 e. The molecule has 0 unspecified atom stereocenters. The minimum atomic E-state index is -3.55. The van der Waals surface area contributed by atoms with Gasteiger partial charge in [-0.25, -0.2) is 9.97 Å². The Kier molecular flexibility index (Phi) is 9.04. The Balaban J connectivity index is 1.52. The number of anilines is 2. The fourth-order valence-corrected chi connectivity index (χ4v) is 3.93.